The molecular formula is C17H19F2NO. The molecular weight excluding hydrogens is 272 g/mol. The number of benzene rings is 2. The van der Waals surface area contributed by atoms with Crippen LogP contribution in [0.1, 0.15) is 24.1 Å². The van der Waals surface area contributed by atoms with Crippen molar-refractivity contribution in [2.75, 3.05) is 6.54 Å². The molecule has 2 unspecified atom stereocenters. The molecule has 0 fully saturated rings. The Kier molecular flexibility index (Phi) is 5.42. The van der Waals surface area contributed by atoms with E-state index in [9.17, 15) is 13.9 Å². The summed E-state index contributed by atoms with van der Waals surface area (Å²) in [6.45, 7) is 2.06. The Balaban J connectivity index is 2.19. The van der Waals surface area contributed by atoms with Gasteiger partial charge in [-0.05, 0) is 48.7 Å². The van der Waals surface area contributed by atoms with Crippen LogP contribution in [-0.2, 0) is 6.42 Å². The fraction of sp³-hybridized carbons (Fsp3) is 0.294. The lowest BCUT2D eigenvalue weighted by Crippen LogP contribution is -2.30. The highest BCUT2D eigenvalue weighted by molar-refractivity contribution is 5.24. The van der Waals surface area contributed by atoms with Gasteiger partial charge in [-0.2, -0.15) is 0 Å². The van der Waals surface area contributed by atoms with Crippen molar-refractivity contribution >= 4 is 0 Å². The van der Waals surface area contributed by atoms with Gasteiger partial charge in [0, 0.05) is 12.6 Å². The van der Waals surface area contributed by atoms with Gasteiger partial charge < -0.3 is 10.4 Å². The zero-order valence-electron chi connectivity index (χ0n) is 11.9. The SMILES string of the molecule is CC(O)CNC(Cc1cccc(F)c1)c1cccc(F)c1. The second-order valence-electron chi connectivity index (χ2n) is 5.20. The first-order chi connectivity index (χ1) is 10.0. The van der Waals surface area contributed by atoms with Gasteiger partial charge in [0.25, 0.3) is 0 Å². The van der Waals surface area contributed by atoms with Crippen molar-refractivity contribution in [2.45, 2.75) is 25.5 Å². The van der Waals surface area contributed by atoms with Crippen LogP contribution in [0.4, 0.5) is 8.78 Å². The van der Waals surface area contributed by atoms with Gasteiger partial charge in [0.05, 0.1) is 6.10 Å². The molecule has 0 saturated heterocycles. The number of halogens is 2. The predicted octanol–water partition coefficient (Wildman–Crippen LogP) is 3.22. The minimum Gasteiger partial charge on any atom is -0.392 e. The maximum Gasteiger partial charge on any atom is 0.123 e. The minimum atomic E-state index is -0.506. The topological polar surface area (TPSA) is 32.3 Å². The van der Waals surface area contributed by atoms with Gasteiger partial charge >= 0.3 is 0 Å². The molecule has 2 rings (SSSR count). The highest BCUT2D eigenvalue weighted by Crippen LogP contribution is 2.20. The van der Waals surface area contributed by atoms with E-state index in [0.29, 0.717) is 13.0 Å². The summed E-state index contributed by atoms with van der Waals surface area (Å²) in [6, 6.07) is 12.5. The van der Waals surface area contributed by atoms with Crippen molar-refractivity contribution in [3.63, 3.8) is 0 Å². The van der Waals surface area contributed by atoms with Crippen LogP contribution >= 0.6 is 0 Å². The van der Waals surface area contributed by atoms with Gasteiger partial charge in [-0.1, -0.05) is 24.3 Å². The van der Waals surface area contributed by atoms with Crippen LogP contribution in [-0.4, -0.2) is 17.8 Å². The van der Waals surface area contributed by atoms with E-state index in [4.69, 9.17) is 0 Å². The Morgan fingerprint density at radius 2 is 1.71 bits per heavy atom. The number of nitrogens with one attached hydrogen (secondary N) is 1. The molecule has 0 aromatic heterocycles. The molecule has 0 aliphatic rings. The lowest BCUT2D eigenvalue weighted by Gasteiger charge is -2.20. The van der Waals surface area contributed by atoms with Crippen LogP contribution in [0.15, 0.2) is 48.5 Å². The number of aliphatic hydroxyl groups is 1. The molecule has 0 heterocycles. The first-order valence-electron chi connectivity index (χ1n) is 6.96. The van der Waals surface area contributed by atoms with Gasteiger partial charge in [0.15, 0.2) is 0 Å². The van der Waals surface area contributed by atoms with E-state index >= 15 is 0 Å². The monoisotopic (exact) mass is 291 g/mol. The Bertz CT molecular complexity index is 587. The quantitative estimate of drug-likeness (QED) is 0.856. The van der Waals surface area contributed by atoms with Crippen molar-refractivity contribution in [3.8, 4) is 0 Å². The fourth-order valence-electron chi connectivity index (χ4n) is 2.24. The molecule has 2 aromatic rings. The van der Waals surface area contributed by atoms with Crippen molar-refractivity contribution < 1.29 is 13.9 Å². The first-order valence-corrected chi connectivity index (χ1v) is 6.96. The van der Waals surface area contributed by atoms with E-state index in [1.807, 2.05) is 12.1 Å². The predicted molar refractivity (Wildman–Crippen MR) is 78.9 cm³/mol. The van der Waals surface area contributed by atoms with Gasteiger partial charge in [0.1, 0.15) is 11.6 Å². The summed E-state index contributed by atoms with van der Waals surface area (Å²) in [6.07, 6.45) is 0.0158. The molecule has 0 amide bonds. The molecule has 112 valence electrons. The second kappa shape index (κ2) is 7.29. The van der Waals surface area contributed by atoms with Crippen LogP contribution in [0.3, 0.4) is 0 Å². The highest BCUT2D eigenvalue weighted by Gasteiger charge is 2.14. The Labute approximate surface area is 123 Å². The standard InChI is InChI=1S/C17H19F2NO/c1-12(21)11-20-17(14-5-3-7-16(19)10-14)9-13-4-2-6-15(18)8-13/h2-8,10,12,17,20-21H,9,11H2,1H3. The maximum absolute atomic E-state index is 13.4. The third-order valence-corrected chi connectivity index (χ3v) is 3.24. The summed E-state index contributed by atoms with van der Waals surface area (Å²) in [5, 5.41) is 12.6. The van der Waals surface area contributed by atoms with E-state index in [2.05, 4.69) is 5.32 Å². The van der Waals surface area contributed by atoms with Crippen LogP contribution in [0.5, 0.6) is 0 Å². The van der Waals surface area contributed by atoms with Crippen molar-refractivity contribution in [2.24, 2.45) is 0 Å². The third-order valence-electron chi connectivity index (χ3n) is 3.24. The summed E-state index contributed by atoms with van der Waals surface area (Å²) >= 11 is 0. The maximum atomic E-state index is 13.4. The second-order valence-corrected chi connectivity index (χ2v) is 5.20. The van der Waals surface area contributed by atoms with Crippen molar-refractivity contribution in [1.29, 1.82) is 0 Å². The Morgan fingerprint density at radius 1 is 1.05 bits per heavy atom. The molecule has 2 nitrogen and oxygen atoms in total. The summed E-state index contributed by atoms with van der Waals surface area (Å²) in [7, 11) is 0. The molecule has 0 radical (unpaired) electrons. The molecule has 0 bridgehead atoms. The largest absolute Gasteiger partial charge is 0.392 e. The molecule has 0 aliphatic carbocycles. The smallest absolute Gasteiger partial charge is 0.123 e. The Morgan fingerprint density at radius 3 is 2.33 bits per heavy atom. The lowest BCUT2D eigenvalue weighted by molar-refractivity contribution is 0.186. The van der Waals surface area contributed by atoms with E-state index in [-0.39, 0.29) is 17.7 Å². The molecule has 0 spiro atoms. The molecule has 0 aliphatic heterocycles. The van der Waals surface area contributed by atoms with Crippen LogP contribution in [0.2, 0.25) is 0 Å². The summed E-state index contributed by atoms with van der Waals surface area (Å²) < 4.78 is 26.7. The number of rotatable bonds is 6. The van der Waals surface area contributed by atoms with Gasteiger partial charge in [-0.15, -0.1) is 0 Å². The van der Waals surface area contributed by atoms with Crippen LogP contribution < -0.4 is 5.32 Å². The van der Waals surface area contributed by atoms with Gasteiger partial charge in [0.2, 0.25) is 0 Å². The van der Waals surface area contributed by atoms with Crippen molar-refractivity contribution in [1.82, 2.24) is 5.32 Å². The highest BCUT2D eigenvalue weighted by atomic mass is 19.1. The van der Waals surface area contributed by atoms with Crippen LogP contribution in [0, 0.1) is 11.6 Å². The lowest BCUT2D eigenvalue weighted by atomic mass is 9.98. The molecule has 21 heavy (non-hydrogen) atoms. The average molecular weight is 291 g/mol. The van der Waals surface area contributed by atoms with E-state index in [0.717, 1.165) is 11.1 Å². The minimum absolute atomic E-state index is 0.183. The normalized spacial score (nSPS) is 13.9. The number of hydrogen-bond acceptors (Lipinski definition) is 2. The number of aliphatic hydroxyl groups excluding tert-OH is 1. The Hall–Kier alpha value is -1.78. The zero-order chi connectivity index (χ0) is 15.2. The van der Waals surface area contributed by atoms with Gasteiger partial charge in [-0.25, -0.2) is 8.78 Å². The molecule has 2 atom stereocenters. The summed E-state index contributed by atoms with van der Waals surface area (Å²) in [5.41, 5.74) is 1.60. The molecule has 0 saturated carbocycles. The van der Waals surface area contributed by atoms with E-state index < -0.39 is 6.10 Å². The van der Waals surface area contributed by atoms with Crippen molar-refractivity contribution in [3.05, 3.63) is 71.3 Å². The van der Waals surface area contributed by atoms with Gasteiger partial charge in [-0.3, -0.25) is 0 Å². The third kappa shape index (κ3) is 4.92. The summed E-state index contributed by atoms with van der Waals surface area (Å²) in [5.74, 6) is -0.600. The first kappa shape index (κ1) is 15.6. The average Bonchev–Trinajstić information content (AvgIpc) is 2.43. The van der Waals surface area contributed by atoms with E-state index in [1.54, 1.807) is 19.1 Å². The van der Waals surface area contributed by atoms with Crippen LogP contribution in [0.25, 0.3) is 0 Å². The summed E-state index contributed by atoms with van der Waals surface area (Å²) in [4.78, 5) is 0. The molecule has 2 aromatic carbocycles. The number of hydrogen-bond donors (Lipinski definition) is 2. The molecule has 2 N–H and O–H groups in total. The molecule has 4 heteroatoms. The zero-order valence-corrected chi connectivity index (χ0v) is 11.9. The van der Waals surface area contributed by atoms with E-state index in [1.165, 1.54) is 24.3 Å². The fourth-order valence-corrected chi connectivity index (χ4v) is 2.24.